The van der Waals surface area contributed by atoms with E-state index in [0.29, 0.717) is 23.2 Å². The van der Waals surface area contributed by atoms with Crippen molar-refractivity contribution >= 4 is 27.4 Å². The number of benzene rings is 2. The molecule has 0 bridgehead atoms. The van der Waals surface area contributed by atoms with Crippen LogP contribution in [-0.2, 0) is 16.4 Å². The van der Waals surface area contributed by atoms with E-state index in [1.807, 2.05) is 12.1 Å². The molecule has 0 amide bonds. The second kappa shape index (κ2) is 9.08. The van der Waals surface area contributed by atoms with Crippen LogP contribution in [0, 0.1) is 11.8 Å². The molecule has 2 aromatic rings. The van der Waals surface area contributed by atoms with E-state index < -0.39 is 16.0 Å². The van der Waals surface area contributed by atoms with E-state index in [4.69, 9.17) is 0 Å². The molecular weight excluding hydrogens is 400 g/mol. The summed E-state index contributed by atoms with van der Waals surface area (Å²) in [6.45, 7) is 8.06. The summed E-state index contributed by atoms with van der Waals surface area (Å²) in [5.74, 6) is 0.0236. The van der Waals surface area contributed by atoms with E-state index >= 15 is 0 Å². The second-order valence-corrected chi connectivity index (χ2v) is 10.2. The molecule has 2 N–H and O–H groups in total. The zero-order valence-corrected chi connectivity index (χ0v) is 18.6. The maximum atomic E-state index is 13.0. The molecule has 1 aliphatic heterocycles. The summed E-state index contributed by atoms with van der Waals surface area (Å²) in [6, 6.07) is 11.5. The number of piperidine rings is 1. The Kier molecular flexibility index (Phi) is 6.71. The zero-order chi connectivity index (χ0) is 21.9. The Bertz CT molecular complexity index is 992. The first-order valence-electron chi connectivity index (χ1n) is 10.4. The van der Waals surface area contributed by atoms with Gasteiger partial charge in [0.05, 0.1) is 21.8 Å². The molecule has 0 saturated carbocycles. The Morgan fingerprint density at radius 1 is 1.13 bits per heavy atom. The van der Waals surface area contributed by atoms with Gasteiger partial charge in [0.2, 0.25) is 0 Å². The number of hydrogen-bond donors (Lipinski definition) is 2. The summed E-state index contributed by atoms with van der Waals surface area (Å²) < 4.78 is 28.7. The SMILES string of the molecule is CC(C)Cc1ccc(S(=O)(=O)Nc2cc(C(=O)O)ccc2N2CCC(C)CC2)cc1. The lowest BCUT2D eigenvalue weighted by atomic mass is 9.98. The van der Waals surface area contributed by atoms with Crippen LogP contribution in [0.25, 0.3) is 0 Å². The smallest absolute Gasteiger partial charge is 0.335 e. The Balaban J connectivity index is 1.91. The van der Waals surface area contributed by atoms with Crippen LogP contribution in [0.1, 0.15) is 49.5 Å². The van der Waals surface area contributed by atoms with Crippen molar-refractivity contribution in [2.75, 3.05) is 22.7 Å². The number of carbonyl (C=O) groups is 1. The Morgan fingerprint density at radius 2 is 1.77 bits per heavy atom. The summed E-state index contributed by atoms with van der Waals surface area (Å²) in [5, 5.41) is 9.37. The summed E-state index contributed by atoms with van der Waals surface area (Å²) >= 11 is 0. The van der Waals surface area contributed by atoms with Gasteiger partial charge in [-0.2, -0.15) is 0 Å². The third kappa shape index (κ3) is 5.33. The van der Waals surface area contributed by atoms with Crippen LogP contribution >= 0.6 is 0 Å². The molecule has 7 heteroatoms. The molecule has 1 saturated heterocycles. The van der Waals surface area contributed by atoms with Crippen molar-refractivity contribution < 1.29 is 18.3 Å². The summed E-state index contributed by atoms with van der Waals surface area (Å²) in [5.41, 5.74) is 2.15. The van der Waals surface area contributed by atoms with Crippen LogP contribution in [-0.4, -0.2) is 32.6 Å². The maximum Gasteiger partial charge on any atom is 0.335 e. The first-order chi connectivity index (χ1) is 14.2. The largest absolute Gasteiger partial charge is 0.478 e. The molecule has 162 valence electrons. The average Bonchev–Trinajstić information content (AvgIpc) is 2.68. The van der Waals surface area contributed by atoms with E-state index in [-0.39, 0.29) is 10.5 Å². The Morgan fingerprint density at radius 3 is 2.33 bits per heavy atom. The minimum atomic E-state index is -3.84. The van der Waals surface area contributed by atoms with Crippen molar-refractivity contribution in [2.45, 2.75) is 44.9 Å². The number of nitrogens with zero attached hydrogens (tertiary/aromatic N) is 1. The summed E-state index contributed by atoms with van der Waals surface area (Å²) in [7, 11) is -3.84. The molecule has 1 heterocycles. The predicted octanol–water partition coefficient (Wildman–Crippen LogP) is 4.62. The molecule has 0 aliphatic carbocycles. The van der Waals surface area contributed by atoms with Gasteiger partial charge in [-0.15, -0.1) is 0 Å². The molecule has 3 rings (SSSR count). The van der Waals surface area contributed by atoms with Crippen molar-refractivity contribution in [1.29, 1.82) is 0 Å². The summed E-state index contributed by atoms with van der Waals surface area (Å²) in [6.07, 6.45) is 2.92. The van der Waals surface area contributed by atoms with Gasteiger partial charge in [-0.3, -0.25) is 4.72 Å². The van der Waals surface area contributed by atoms with Crippen molar-refractivity contribution in [2.24, 2.45) is 11.8 Å². The van der Waals surface area contributed by atoms with Crippen LogP contribution in [0.4, 0.5) is 11.4 Å². The van der Waals surface area contributed by atoms with E-state index in [9.17, 15) is 18.3 Å². The number of anilines is 2. The minimum Gasteiger partial charge on any atom is -0.478 e. The van der Waals surface area contributed by atoms with Crippen LogP contribution < -0.4 is 9.62 Å². The minimum absolute atomic E-state index is 0.0501. The van der Waals surface area contributed by atoms with Crippen molar-refractivity contribution in [3.8, 4) is 0 Å². The van der Waals surface area contributed by atoms with E-state index in [0.717, 1.165) is 37.9 Å². The predicted molar refractivity (Wildman–Crippen MR) is 120 cm³/mol. The Hall–Kier alpha value is -2.54. The lowest BCUT2D eigenvalue weighted by molar-refractivity contribution is 0.0697. The monoisotopic (exact) mass is 430 g/mol. The first kappa shape index (κ1) is 22.2. The van der Waals surface area contributed by atoms with Gasteiger partial charge in [0.15, 0.2) is 0 Å². The lowest BCUT2D eigenvalue weighted by Gasteiger charge is -2.33. The molecular formula is C23H30N2O4S. The van der Waals surface area contributed by atoms with Gasteiger partial charge in [0.1, 0.15) is 0 Å². The number of rotatable bonds is 7. The highest BCUT2D eigenvalue weighted by Crippen LogP contribution is 2.32. The standard InChI is InChI=1S/C23H30N2O4S/c1-16(2)14-18-4-7-20(8-5-18)30(28,29)24-21-15-19(23(26)27)6-9-22(21)25-12-10-17(3)11-13-25/h4-9,15-17,24H,10-14H2,1-3H3,(H,26,27). The quantitative estimate of drug-likeness (QED) is 0.669. The zero-order valence-electron chi connectivity index (χ0n) is 17.8. The highest BCUT2D eigenvalue weighted by molar-refractivity contribution is 7.92. The molecule has 1 aliphatic rings. The van der Waals surface area contributed by atoms with E-state index in [1.54, 1.807) is 18.2 Å². The summed E-state index contributed by atoms with van der Waals surface area (Å²) in [4.78, 5) is 13.7. The third-order valence-electron chi connectivity index (χ3n) is 5.49. The number of sulfonamides is 1. The van der Waals surface area contributed by atoms with Gasteiger partial charge in [-0.05, 0) is 67.0 Å². The molecule has 6 nitrogen and oxygen atoms in total. The third-order valence-corrected chi connectivity index (χ3v) is 6.87. The van der Waals surface area contributed by atoms with Gasteiger partial charge in [0, 0.05) is 13.1 Å². The molecule has 2 aromatic carbocycles. The topological polar surface area (TPSA) is 86.7 Å². The van der Waals surface area contributed by atoms with Crippen molar-refractivity contribution in [3.63, 3.8) is 0 Å². The Labute approximate surface area is 179 Å². The normalized spacial score (nSPS) is 15.4. The van der Waals surface area contributed by atoms with Gasteiger partial charge < -0.3 is 10.0 Å². The maximum absolute atomic E-state index is 13.0. The number of carboxylic acid groups (broad SMARTS) is 1. The molecule has 0 unspecified atom stereocenters. The fourth-order valence-electron chi connectivity index (χ4n) is 3.76. The fraction of sp³-hybridized carbons (Fsp3) is 0.435. The van der Waals surface area contributed by atoms with E-state index in [2.05, 4.69) is 30.4 Å². The number of nitrogens with one attached hydrogen (secondary N) is 1. The van der Waals surface area contributed by atoms with Gasteiger partial charge >= 0.3 is 5.97 Å². The number of carboxylic acids is 1. The molecule has 0 spiro atoms. The van der Waals surface area contributed by atoms with Crippen LogP contribution in [0.2, 0.25) is 0 Å². The highest BCUT2D eigenvalue weighted by atomic mass is 32.2. The van der Waals surface area contributed by atoms with Crippen LogP contribution in [0.15, 0.2) is 47.4 Å². The lowest BCUT2D eigenvalue weighted by Crippen LogP contribution is -2.33. The molecule has 30 heavy (non-hydrogen) atoms. The van der Waals surface area contributed by atoms with Crippen LogP contribution in [0.3, 0.4) is 0 Å². The molecule has 1 fully saturated rings. The first-order valence-corrected chi connectivity index (χ1v) is 11.9. The van der Waals surface area contributed by atoms with Crippen molar-refractivity contribution in [1.82, 2.24) is 0 Å². The molecule has 0 atom stereocenters. The number of aromatic carboxylic acids is 1. The van der Waals surface area contributed by atoms with Crippen LogP contribution in [0.5, 0.6) is 0 Å². The number of hydrogen-bond acceptors (Lipinski definition) is 4. The van der Waals surface area contributed by atoms with Gasteiger partial charge in [0.25, 0.3) is 10.0 Å². The van der Waals surface area contributed by atoms with Gasteiger partial charge in [-0.1, -0.05) is 32.9 Å². The molecule has 0 aromatic heterocycles. The molecule has 0 radical (unpaired) electrons. The highest BCUT2D eigenvalue weighted by Gasteiger charge is 2.23. The van der Waals surface area contributed by atoms with Gasteiger partial charge in [-0.25, -0.2) is 13.2 Å². The average molecular weight is 431 g/mol. The van der Waals surface area contributed by atoms with Crippen molar-refractivity contribution in [3.05, 3.63) is 53.6 Å². The fourth-order valence-corrected chi connectivity index (χ4v) is 4.82. The van der Waals surface area contributed by atoms with E-state index in [1.165, 1.54) is 12.1 Å². The second-order valence-electron chi connectivity index (χ2n) is 8.55.